The summed E-state index contributed by atoms with van der Waals surface area (Å²) in [5, 5.41) is 14.9. The quantitative estimate of drug-likeness (QED) is 0.615. The van der Waals surface area contributed by atoms with Crippen molar-refractivity contribution >= 4 is 23.3 Å². The molecule has 2 N–H and O–H groups in total. The van der Waals surface area contributed by atoms with Crippen molar-refractivity contribution in [1.82, 2.24) is 10.3 Å². The summed E-state index contributed by atoms with van der Waals surface area (Å²) in [5.74, 6) is -0.539. The van der Waals surface area contributed by atoms with Crippen molar-refractivity contribution < 1.29 is 24.2 Å². The number of thiazole rings is 1. The van der Waals surface area contributed by atoms with Gasteiger partial charge in [0.15, 0.2) is 6.10 Å². The van der Waals surface area contributed by atoms with Crippen LogP contribution in [0.25, 0.3) is 0 Å². The first-order valence-corrected chi connectivity index (χ1v) is 10.0. The Morgan fingerprint density at radius 2 is 1.93 bits per heavy atom. The molecule has 3 atom stereocenters. The average Bonchev–Trinajstić information content (AvgIpc) is 3.00. The van der Waals surface area contributed by atoms with Gasteiger partial charge in [0, 0.05) is 24.8 Å². The molecule has 0 fully saturated rings. The predicted molar refractivity (Wildman–Crippen MR) is 104 cm³/mol. The number of carbonyl (C=O) groups excluding carboxylic acids is 2. The molecule has 1 heterocycles. The Labute approximate surface area is 165 Å². The van der Waals surface area contributed by atoms with E-state index in [4.69, 9.17) is 9.47 Å². The smallest absolute Gasteiger partial charge is 0.323 e. The summed E-state index contributed by atoms with van der Waals surface area (Å²) in [5.41, 5.74) is -0.00861. The minimum absolute atomic E-state index is 0.0988. The molecule has 0 aliphatic heterocycles. The van der Waals surface area contributed by atoms with Gasteiger partial charge in [-0.1, -0.05) is 13.8 Å². The minimum atomic E-state index is -0.553. The summed E-state index contributed by atoms with van der Waals surface area (Å²) in [6, 6.07) is -0.600. The van der Waals surface area contributed by atoms with Gasteiger partial charge in [-0.05, 0) is 33.6 Å². The Bertz CT molecular complexity index is 624. The van der Waals surface area contributed by atoms with E-state index in [1.807, 2.05) is 34.6 Å². The molecule has 154 valence electrons. The van der Waals surface area contributed by atoms with Gasteiger partial charge >= 0.3 is 11.9 Å². The van der Waals surface area contributed by atoms with E-state index in [1.54, 1.807) is 12.3 Å². The highest BCUT2D eigenvalue weighted by Gasteiger charge is 2.29. The number of aliphatic hydroxyl groups is 1. The number of hydrogen-bond donors (Lipinski definition) is 2. The minimum Gasteiger partial charge on any atom is -0.459 e. The van der Waals surface area contributed by atoms with Crippen LogP contribution in [-0.4, -0.2) is 39.7 Å². The Balaban J connectivity index is 2.89. The van der Waals surface area contributed by atoms with Crippen LogP contribution in [0, 0.1) is 5.92 Å². The molecule has 0 aliphatic rings. The summed E-state index contributed by atoms with van der Waals surface area (Å²) < 4.78 is 10.9. The number of nitrogens with zero attached hydrogens (tertiary/aromatic N) is 1. The molecule has 0 saturated carbocycles. The van der Waals surface area contributed by atoms with E-state index in [1.165, 1.54) is 18.3 Å². The molecule has 0 saturated heterocycles. The van der Waals surface area contributed by atoms with Crippen molar-refractivity contribution in [2.24, 2.45) is 5.92 Å². The summed E-state index contributed by atoms with van der Waals surface area (Å²) in [6.07, 6.45) is -0.0819. The van der Waals surface area contributed by atoms with Crippen LogP contribution in [0.3, 0.4) is 0 Å². The third-order valence-corrected chi connectivity index (χ3v) is 4.80. The summed E-state index contributed by atoms with van der Waals surface area (Å²) in [6.45, 7) is 12.5. The van der Waals surface area contributed by atoms with Crippen LogP contribution < -0.4 is 5.32 Å². The molecular weight excluding hydrogens is 368 g/mol. The summed E-state index contributed by atoms with van der Waals surface area (Å²) in [4.78, 5) is 28.2. The van der Waals surface area contributed by atoms with Gasteiger partial charge in [-0.3, -0.25) is 9.59 Å². The van der Waals surface area contributed by atoms with Gasteiger partial charge < -0.3 is 19.9 Å². The molecule has 7 nitrogen and oxygen atoms in total. The molecule has 1 rings (SSSR count). The Morgan fingerprint density at radius 1 is 1.30 bits per heavy atom. The van der Waals surface area contributed by atoms with Crippen LogP contribution in [-0.2, 0) is 25.7 Å². The molecule has 0 amide bonds. The molecule has 8 heteroatoms. The van der Waals surface area contributed by atoms with E-state index < -0.39 is 23.7 Å². The average molecular weight is 401 g/mol. The van der Waals surface area contributed by atoms with E-state index in [0.29, 0.717) is 17.1 Å². The zero-order chi connectivity index (χ0) is 20.8. The first-order valence-electron chi connectivity index (χ1n) is 9.14. The third-order valence-electron chi connectivity index (χ3n) is 3.81. The lowest BCUT2D eigenvalue weighted by Crippen LogP contribution is -2.47. The summed E-state index contributed by atoms with van der Waals surface area (Å²) >= 11 is 1.34. The monoisotopic (exact) mass is 400 g/mol. The lowest BCUT2D eigenvalue weighted by Gasteiger charge is -2.30. The SMILES string of the molecule is CC(=O)O[C@H](C[C@@H](N[C@H](C)C(=O)OC(C)(C)C)C(C)C)c1nc(CO)cs1. The zero-order valence-corrected chi connectivity index (χ0v) is 18.1. The molecule has 1 aromatic rings. The number of ether oxygens (including phenoxy) is 2. The topological polar surface area (TPSA) is 97.8 Å². The first kappa shape index (κ1) is 23.5. The molecule has 0 spiro atoms. The van der Waals surface area contributed by atoms with Crippen LogP contribution in [0.2, 0.25) is 0 Å². The second-order valence-corrected chi connectivity index (χ2v) is 8.83. The maximum Gasteiger partial charge on any atom is 0.323 e. The van der Waals surface area contributed by atoms with Crippen LogP contribution in [0.5, 0.6) is 0 Å². The maximum absolute atomic E-state index is 12.3. The molecule has 0 radical (unpaired) electrons. The van der Waals surface area contributed by atoms with Crippen molar-refractivity contribution in [2.45, 2.75) is 85.3 Å². The number of aromatic nitrogens is 1. The van der Waals surface area contributed by atoms with E-state index in [2.05, 4.69) is 10.3 Å². The highest BCUT2D eigenvalue weighted by molar-refractivity contribution is 7.09. The van der Waals surface area contributed by atoms with Gasteiger partial charge in [-0.2, -0.15) is 0 Å². The number of esters is 2. The van der Waals surface area contributed by atoms with Crippen molar-refractivity contribution in [3.63, 3.8) is 0 Å². The molecule has 0 aromatic carbocycles. The highest BCUT2D eigenvalue weighted by Crippen LogP contribution is 2.28. The van der Waals surface area contributed by atoms with Crippen LogP contribution in [0.15, 0.2) is 5.38 Å². The van der Waals surface area contributed by atoms with Crippen molar-refractivity contribution in [1.29, 1.82) is 0 Å². The van der Waals surface area contributed by atoms with E-state index in [0.717, 1.165) is 0 Å². The summed E-state index contributed by atoms with van der Waals surface area (Å²) in [7, 11) is 0. The lowest BCUT2D eigenvalue weighted by molar-refractivity contribution is -0.157. The second kappa shape index (κ2) is 10.1. The normalized spacial score (nSPS) is 15.3. The fourth-order valence-corrected chi connectivity index (χ4v) is 3.34. The predicted octanol–water partition coefficient (Wildman–Crippen LogP) is 2.97. The van der Waals surface area contributed by atoms with Crippen LogP contribution in [0.4, 0.5) is 0 Å². The van der Waals surface area contributed by atoms with Crippen LogP contribution in [0.1, 0.15) is 71.7 Å². The zero-order valence-electron chi connectivity index (χ0n) is 17.2. The van der Waals surface area contributed by atoms with Crippen molar-refractivity contribution in [3.05, 3.63) is 16.1 Å². The Hall–Kier alpha value is -1.51. The van der Waals surface area contributed by atoms with Crippen molar-refractivity contribution in [2.75, 3.05) is 0 Å². The second-order valence-electron chi connectivity index (χ2n) is 7.94. The molecule has 0 aliphatic carbocycles. The largest absolute Gasteiger partial charge is 0.459 e. The van der Waals surface area contributed by atoms with E-state index in [-0.39, 0.29) is 24.5 Å². The number of nitrogens with one attached hydrogen (secondary N) is 1. The number of aliphatic hydroxyl groups excluding tert-OH is 1. The van der Waals surface area contributed by atoms with Crippen molar-refractivity contribution in [3.8, 4) is 0 Å². The first-order chi connectivity index (χ1) is 12.4. The number of carbonyl (C=O) groups is 2. The fraction of sp³-hybridized carbons (Fsp3) is 0.737. The highest BCUT2D eigenvalue weighted by atomic mass is 32.1. The standard InChI is InChI=1S/C19H32N2O5S/c1-11(2)15(20-12(3)18(24)26-19(5,6)7)8-16(25-13(4)23)17-21-14(9-22)10-27-17/h10-12,15-16,20,22H,8-9H2,1-7H3/t12-,15-,16-/m1/s1. The number of rotatable bonds is 9. The van der Waals surface area contributed by atoms with Gasteiger partial charge in [0.05, 0.1) is 12.3 Å². The van der Waals surface area contributed by atoms with E-state index >= 15 is 0 Å². The Morgan fingerprint density at radius 3 is 2.37 bits per heavy atom. The fourth-order valence-electron chi connectivity index (χ4n) is 2.49. The molecule has 27 heavy (non-hydrogen) atoms. The van der Waals surface area contributed by atoms with Gasteiger partial charge in [0.1, 0.15) is 16.7 Å². The maximum atomic E-state index is 12.3. The molecule has 0 unspecified atom stereocenters. The van der Waals surface area contributed by atoms with Gasteiger partial charge in [0.25, 0.3) is 0 Å². The number of hydrogen-bond acceptors (Lipinski definition) is 8. The van der Waals surface area contributed by atoms with Gasteiger partial charge in [-0.15, -0.1) is 11.3 Å². The molecule has 1 aromatic heterocycles. The van der Waals surface area contributed by atoms with E-state index in [9.17, 15) is 14.7 Å². The van der Waals surface area contributed by atoms with Gasteiger partial charge in [-0.25, -0.2) is 4.98 Å². The Kier molecular flexibility index (Phi) is 8.84. The van der Waals surface area contributed by atoms with Crippen LogP contribution >= 0.6 is 11.3 Å². The molecule has 0 bridgehead atoms. The lowest BCUT2D eigenvalue weighted by atomic mass is 9.97. The third kappa shape index (κ3) is 8.36. The molecular formula is C19H32N2O5S. The van der Waals surface area contributed by atoms with Gasteiger partial charge in [0.2, 0.25) is 0 Å².